The van der Waals surface area contributed by atoms with Gasteiger partial charge in [0.25, 0.3) is 0 Å². The normalized spacial score (nSPS) is 42.1. The van der Waals surface area contributed by atoms with Gasteiger partial charge in [0, 0.05) is 25.2 Å². The van der Waals surface area contributed by atoms with Gasteiger partial charge >= 0.3 is 0 Å². The maximum absolute atomic E-state index is 3.87. The summed E-state index contributed by atoms with van der Waals surface area (Å²) in [6.45, 7) is 11.3. The van der Waals surface area contributed by atoms with E-state index >= 15 is 0 Å². The molecule has 122 valence electrons. The van der Waals surface area contributed by atoms with Crippen LogP contribution in [0.5, 0.6) is 0 Å². The molecule has 1 saturated heterocycles. The second-order valence-electron chi connectivity index (χ2n) is 8.67. The molecule has 0 aromatic heterocycles. The Balaban J connectivity index is 1.62. The van der Waals surface area contributed by atoms with Crippen LogP contribution >= 0.6 is 0 Å². The average Bonchev–Trinajstić information content (AvgIpc) is 3.29. The van der Waals surface area contributed by atoms with E-state index in [-0.39, 0.29) is 0 Å². The van der Waals surface area contributed by atoms with Crippen molar-refractivity contribution in [3.63, 3.8) is 0 Å². The van der Waals surface area contributed by atoms with E-state index < -0.39 is 0 Å². The van der Waals surface area contributed by atoms with Gasteiger partial charge in [0.05, 0.1) is 0 Å². The molecule has 0 aromatic rings. The Morgan fingerprint density at radius 1 is 1.00 bits per heavy atom. The molecule has 3 aliphatic rings. The first-order valence-corrected chi connectivity index (χ1v) is 9.55. The Kier molecular flexibility index (Phi) is 4.95. The summed E-state index contributed by atoms with van der Waals surface area (Å²) in [4.78, 5) is 2.83. The Morgan fingerprint density at radius 2 is 1.71 bits per heavy atom. The SMILES string of the molecule is CC1CCC(CNC2CC2)(CN2CCCC(C)C2C)CC1. The molecule has 0 aromatic carbocycles. The minimum absolute atomic E-state index is 0.570. The molecular weight excluding hydrogens is 256 g/mol. The highest BCUT2D eigenvalue weighted by atomic mass is 15.2. The zero-order chi connectivity index (χ0) is 14.9. The Bertz CT molecular complexity index is 328. The molecule has 3 rings (SSSR count). The predicted octanol–water partition coefficient (Wildman–Crippen LogP) is 4.06. The van der Waals surface area contributed by atoms with Crippen molar-refractivity contribution in [2.24, 2.45) is 17.3 Å². The first-order chi connectivity index (χ1) is 10.1. The number of nitrogens with one attached hydrogen (secondary N) is 1. The molecule has 2 nitrogen and oxygen atoms in total. The molecule has 2 heteroatoms. The summed E-state index contributed by atoms with van der Waals surface area (Å²) in [6.07, 6.45) is 11.5. The standard InChI is InChI=1S/C19H36N2/c1-15-8-10-19(11-9-15,13-20-18-6-7-18)14-21-12-4-5-16(2)17(21)3/h15-18,20H,4-14H2,1-3H3. The third-order valence-corrected chi connectivity index (χ3v) is 6.72. The quantitative estimate of drug-likeness (QED) is 0.822. The largest absolute Gasteiger partial charge is 0.313 e. The average molecular weight is 293 g/mol. The van der Waals surface area contributed by atoms with Crippen molar-refractivity contribution in [3.8, 4) is 0 Å². The van der Waals surface area contributed by atoms with Crippen LogP contribution in [0.1, 0.15) is 72.1 Å². The summed E-state index contributed by atoms with van der Waals surface area (Å²) in [5.74, 6) is 1.84. The van der Waals surface area contributed by atoms with Crippen molar-refractivity contribution in [1.29, 1.82) is 0 Å². The van der Waals surface area contributed by atoms with Crippen molar-refractivity contribution in [1.82, 2.24) is 10.2 Å². The first kappa shape index (κ1) is 15.8. The molecule has 21 heavy (non-hydrogen) atoms. The monoisotopic (exact) mass is 292 g/mol. The predicted molar refractivity (Wildman–Crippen MR) is 90.5 cm³/mol. The lowest BCUT2D eigenvalue weighted by Gasteiger charge is -2.47. The van der Waals surface area contributed by atoms with Gasteiger partial charge in [0.15, 0.2) is 0 Å². The molecule has 2 unspecified atom stereocenters. The fourth-order valence-corrected chi connectivity index (χ4v) is 4.49. The number of nitrogens with zero attached hydrogens (tertiary/aromatic N) is 1. The lowest BCUT2D eigenvalue weighted by Crippen LogP contribution is -2.52. The molecule has 2 aliphatic carbocycles. The number of piperidine rings is 1. The smallest absolute Gasteiger partial charge is 0.00928 e. The van der Waals surface area contributed by atoms with Gasteiger partial charge in [-0.05, 0) is 69.2 Å². The Morgan fingerprint density at radius 3 is 2.38 bits per heavy atom. The van der Waals surface area contributed by atoms with Crippen LogP contribution in [-0.4, -0.2) is 36.6 Å². The molecule has 2 saturated carbocycles. The van der Waals surface area contributed by atoms with Crippen LogP contribution in [0.15, 0.2) is 0 Å². The van der Waals surface area contributed by atoms with Crippen molar-refractivity contribution in [2.45, 2.75) is 84.2 Å². The molecule has 0 bridgehead atoms. The molecule has 3 fully saturated rings. The highest BCUT2D eigenvalue weighted by Gasteiger charge is 2.39. The highest BCUT2D eigenvalue weighted by molar-refractivity contribution is 4.94. The van der Waals surface area contributed by atoms with Gasteiger partial charge in [-0.15, -0.1) is 0 Å². The summed E-state index contributed by atoms with van der Waals surface area (Å²) in [6, 6.07) is 1.65. The van der Waals surface area contributed by atoms with Crippen molar-refractivity contribution >= 4 is 0 Å². The lowest BCUT2D eigenvalue weighted by molar-refractivity contribution is 0.0321. The third-order valence-electron chi connectivity index (χ3n) is 6.72. The highest BCUT2D eigenvalue weighted by Crippen LogP contribution is 2.41. The zero-order valence-corrected chi connectivity index (χ0v) is 14.5. The molecule has 1 heterocycles. The van der Waals surface area contributed by atoms with E-state index in [1.807, 2.05) is 0 Å². The molecule has 2 atom stereocenters. The number of hydrogen-bond donors (Lipinski definition) is 1. The van der Waals surface area contributed by atoms with Gasteiger partial charge in [-0.3, -0.25) is 4.90 Å². The topological polar surface area (TPSA) is 15.3 Å². The van der Waals surface area contributed by atoms with E-state index in [1.165, 1.54) is 71.0 Å². The minimum Gasteiger partial charge on any atom is -0.313 e. The van der Waals surface area contributed by atoms with Gasteiger partial charge in [-0.25, -0.2) is 0 Å². The van der Waals surface area contributed by atoms with Gasteiger partial charge < -0.3 is 5.32 Å². The van der Waals surface area contributed by atoms with E-state index in [1.54, 1.807) is 0 Å². The van der Waals surface area contributed by atoms with E-state index in [2.05, 4.69) is 31.0 Å². The summed E-state index contributed by atoms with van der Waals surface area (Å²) in [5, 5.41) is 3.87. The van der Waals surface area contributed by atoms with E-state index in [4.69, 9.17) is 0 Å². The number of rotatable bonds is 5. The number of hydrogen-bond acceptors (Lipinski definition) is 2. The van der Waals surface area contributed by atoms with Crippen molar-refractivity contribution in [3.05, 3.63) is 0 Å². The molecular formula is C19H36N2. The minimum atomic E-state index is 0.570. The fourth-order valence-electron chi connectivity index (χ4n) is 4.49. The fraction of sp³-hybridized carbons (Fsp3) is 1.00. The van der Waals surface area contributed by atoms with Crippen LogP contribution in [0.3, 0.4) is 0 Å². The van der Waals surface area contributed by atoms with Gasteiger partial charge in [-0.1, -0.05) is 26.7 Å². The van der Waals surface area contributed by atoms with Crippen LogP contribution in [0.2, 0.25) is 0 Å². The third kappa shape index (κ3) is 4.01. The van der Waals surface area contributed by atoms with Crippen LogP contribution in [0.25, 0.3) is 0 Å². The molecule has 1 N–H and O–H groups in total. The maximum atomic E-state index is 3.87. The van der Waals surface area contributed by atoms with Crippen molar-refractivity contribution < 1.29 is 0 Å². The van der Waals surface area contributed by atoms with Gasteiger partial charge in [0.1, 0.15) is 0 Å². The van der Waals surface area contributed by atoms with Crippen LogP contribution in [0, 0.1) is 17.3 Å². The maximum Gasteiger partial charge on any atom is 0.00928 e. The summed E-state index contributed by atoms with van der Waals surface area (Å²) in [7, 11) is 0. The van der Waals surface area contributed by atoms with E-state index in [0.29, 0.717) is 5.41 Å². The summed E-state index contributed by atoms with van der Waals surface area (Å²) < 4.78 is 0. The molecule has 0 radical (unpaired) electrons. The Labute approximate surface area is 132 Å². The molecule has 0 spiro atoms. The van der Waals surface area contributed by atoms with Gasteiger partial charge in [-0.2, -0.15) is 0 Å². The van der Waals surface area contributed by atoms with Crippen molar-refractivity contribution in [2.75, 3.05) is 19.6 Å². The Hall–Kier alpha value is -0.0800. The number of likely N-dealkylation sites (tertiary alicyclic amines) is 1. The second-order valence-corrected chi connectivity index (χ2v) is 8.67. The second kappa shape index (κ2) is 6.58. The molecule has 0 amide bonds. The zero-order valence-electron chi connectivity index (χ0n) is 14.5. The van der Waals surface area contributed by atoms with E-state index in [9.17, 15) is 0 Å². The molecule has 1 aliphatic heterocycles. The van der Waals surface area contributed by atoms with Crippen LogP contribution in [-0.2, 0) is 0 Å². The van der Waals surface area contributed by atoms with Crippen LogP contribution < -0.4 is 5.32 Å². The summed E-state index contributed by atoms with van der Waals surface area (Å²) >= 11 is 0. The lowest BCUT2D eigenvalue weighted by atomic mass is 9.70. The van der Waals surface area contributed by atoms with Gasteiger partial charge in [0.2, 0.25) is 0 Å². The van der Waals surface area contributed by atoms with E-state index in [0.717, 1.165) is 23.9 Å². The first-order valence-electron chi connectivity index (χ1n) is 9.55. The van der Waals surface area contributed by atoms with Crippen LogP contribution in [0.4, 0.5) is 0 Å². The summed E-state index contributed by atoms with van der Waals surface area (Å²) in [5.41, 5.74) is 0.570.